The van der Waals surface area contributed by atoms with Crippen molar-refractivity contribution < 1.29 is 13.2 Å². The Morgan fingerprint density at radius 2 is 2.16 bits per heavy atom. The minimum absolute atomic E-state index is 0.0161. The lowest BCUT2D eigenvalue weighted by Crippen LogP contribution is -2.11. The number of carbonyl (C=O) groups is 1. The summed E-state index contributed by atoms with van der Waals surface area (Å²) in [6, 6.07) is 1.75. The predicted molar refractivity (Wildman–Crippen MR) is 69.5 cm³/mol. The highest BCUT2D eigenvalue weighted by Crippen LogP contribution is 2.19. The molecule has 0 aliphatic carbocycles. The van der Waals surface area contributed by atoms with Gasteiger partial charge in [0.05, 0.1) is 23.6 Å². The molecule has 2 aromatic rings. The van der Waals surface area contributed by atoms with Crippen LogP contribution in [0.5, 0.6) is 0 Å². The first-order chi connectivity index (χ1) is 8.90. The maximum absolute atomic E-state index is 11.1. The van der Waals surface area contributed by atoms with Crippen LogP contribution in [-0.4, -0.2) is 46.3 Å². The van der Waals surface area contributed by atoms with Crippen LogP contribution in [0.4, 0.5) is 0 Å². The minimum atomic E-state index is -3.06. The summed E-state index contributed by atoms with van der Waals surface area (Å²) in [5.74, 6) is -0.0161. The third-order valence-corrected chi connectivity index (χ3v) is 3.60. The Hall–Kier alpha value is -1.96. The molecule has 0 fully saturated rings. The molecule has 0 saturated carbocycles. The fraction of sp³-hybridized carbons (Fsp3) is 0.364. The van der Waals surface area contributed by atoms with E-state index in [1.807, 2.05) is 0 Å². The van der Waals surface area contributed by atoms with Crippen molar-refractivity contribution in [2.45, 2.75) is 6.54 Å². The van der Waals surface area contributed by atoms with E-state index in [0.717, 1.165) is 0 Å². The lowest BCUT2D eigenvalue weighted by molar-refractivity contribution is 0.112. The number of sulfone groups is 1. The summed E-state index contributed by atoms with van der Waals surface area (Å²) in [6.07, 6.45) is 5.02. The number of nitrogens with zero attached hydrogens (tertiary/aromatic N) is 4. The maximum Gasteiger partial charge on any atom is 0.153 e. The molecule has 7 nitrogen and oxygen atoms in total. The summed E-state index contributed by atoms with van der Waals surface area (Å²) >= 11 is 0. The van der Waals surface area contributed by atoms with E-state index in [9.17, 15) is 13.2 Å². The molecule has 102 valence electrons. The van der Waals surface area contributed by atoms with Crippen molar-refractivity contribution >= 4 is 16.1 Å². The second kappa shape index (κ2) is 4.96. The number of aromatic nitrogens is 4. The molecule has 0 aliphatic rings. The van der Waals surface area contributed by atoms with Gasteiger partial charge < -0.3 is 0 Å². The Morgan fingerprint density at radius 1 is 1.42 bits per heavy atom. The number of carbonyl (C=O) groups excluding carboxylic acids is 1. The second-order valence-electron chi connectivity index (χ2n) is 4.28. The smallest absolute Gasteiger partial charge is 0.153 e. The first kappa shape index (κ1) is 13.5. The highest BCUT2D eigenvalue weighted by atomic mass is 32.2. The summed E-state index contributed by atoms with van der Waals surface area (Å²) in [6.45, 7) is 0.220. The summed E-state index contributed by atoms with van der Waals surface area (Å²) < 4.78 is 25.3. The minimum Gasteiger partial charge on any atom is -0.298 e. The highest BCUT2D eigenvalue weighted by Gasteiger charge is 2.14. The molecule has 0 radical (unpaired) electrons. The fourth-order valence-electron chi connectivity index (χ4n) is 1.70. The standard InChI is InChI=1S/C11H14N4O3S/c1-14-10(3-4-12-14)11-9(8-16)7-15(13-11)5-6-19(2,17)18/h3-4,7-8H,5-6H2,1-2H3. The SMILES string of the molecule is Cn1nccc1-c1nn(CCS(C)(=O)=O)cc1C=O. The van der Waals surface area contributed by atoms with E-state index < -0.39 is 9.84 Å². The average molecular weight is 282 g/mol. The number of aldehydes is 1. The van der Waals surface area contributed by atoms with Crippen LogP contribution >= 0.6 is 0 Å². The second-order valence-corrected chi connectivity index (χ2v) is 6.54. The van der Waals surface area contributed by atoms with E-state index >= 15 is 0 Å². The number of aryl methyl sites for hydroxylation is 2. The molecule has 0 N–H and O–H groups in total. The fourth-order valence-corrected chi connectivity index (χ4v) is 2.22. The van der Waals surface area contributed by atoms with E-state index in [0.29, 0.717) is 23.2 Å². The molecule has 19 heavy (non-hydrogen) atoms. The van der Waals surface area contributed by atoms with Crippen molar-refractivity contribution in [1.82, 2.24) is 19.6 Å². The van der Waals surface area contributed by atoms with Gasteiger partial charge in [-0.15, -0.1) is 0 Å². The third kappa shape index (κ3) is 3.08. The topological polar surface area (TPSA) is 86.8 Å². The van der Waals surface area contributed by atoms with Crippen molar-refractivity contribution in [1.29, 1.82) is 0 Å². The normalized spacial score (nSPS) is 11.7. The monoisotopic (exact) mass is 282 g/mol. The van der Waals surface area contributed by atoms with Crippen molar-refractivity contribution in [3.8, 4) is 11.4 Å². The van der Waals surface area contributed by atoms with Gasteiger partial charge in [0, 0.05) is 25.7 Å². The number of rotatable bonds is 5. The van der Waals surface area contributed by atoms with Gasteiger partial charge in [-0.05, 0) is 6.07 Å². The van der Waals surface area contributed by atoms with Gasteiger partial charge in [-0.1, -0.05) is 0 Å². The quantitative estimate of drug-likeness (QED) is 0.728. The molecule has 0 spiro atoms. The summed E-state index contributed by atoms with van der Waals surface area (Å²) in [5.41, 5.74) is 1.63. The van der Waals surface area contributed by atoms with Gasteiger partial charge in [-0.2, -0.15) is 10.2 Å². The summed E-state index contributed by atoms with van der Waals surface area (Å²) in [7, 11) is -1.31. The van der Waals surface area contributed by atoms with Crippen LogP contribution in [0.15, 0.2) is 18.5 Å². The van der Waals surface area contributed by atoms with Gasteiger partial charge in [-0.3, -0.25) is 14.2 Å². The summed E-state index contributed by atoms with van der Waals surface area (Å²) in [5, 5.41) is 8.27. The Labute approximate surface area is 110 Å². The van der Waals surface area contributed by atoms with Gasteiger partial charge in [0.15, 0.2) is 6.29 Å². The van der Waals surface area contributed by atoms with E-state index in [4.69, 9.17) is 0 Å². The predicted octanol–water partition coefficient (Wildman–Crippen LogP) is 0.141. The molecule has 0 unspecified atom stereocenters. The van der Waals surface area contributed by atoms with Gasteiger partial charge in [0.1, 0.15) is 15.5 Å². The van der Waals surface area contributed by atoms with Crippen LogP contribution in [0.25, 0.3) is 11.4 Å². The van der Waals surface area contributed by atoms with E-state index in [-0.39, 0.29) is 12.3 Å². The largest absolute Gasteiger partial charge is 0.298 e. The third-order valence-electron chi connectivity index (χ3n) is 2.67. The highest BCUT2D eigenvalue weighted by molar-refractivity contribution is 7.90. The van der Waals surface area contributed by atoms with Crippen molar-refractivity contribution in [3.05, 3.63) is 24.0 Å². The summed E-state index contributed by atoms with van der Waals surface area (Å²) in [4.78, 5) is 11.0. The van der Waals surface area contributed by atoms with Crippen LogP contribution in [0.2, 0.25) is 0 Å². The first-order valence-corrected chi connectivity index (χ1v) is 7.65. The van der Waals surface area contributed by atoms with Crippen LogP contribution < -0.4 is 0 Å². The molecule has 0 aliphatic heterocycles. The van der Waals surface area contributed by atoms with E-state index in [1.165, 1.54) is 10.9 Å². The molecule has 2 heterocycles. The first-order valence-electron chi connectivity index (χ1n) is 5.59. The van der Waals surface area contributed by atoms with Crippen molar-refractivity contribution in [2.75, 3.05) is 12.0 Å². The zero-order valence-corrected chi connectivity index (χ0v) is 11.5. The zero-order chi connectivity index (χ0) is 14.0. The molecular formula is C11H14N4O3S. The Balaban J connectivity index is 2.33. The van der Waals surface area contributed by atoms with Crippen LogP contribution in [0.1, 0.15) is 10.4 Å². The lowest BCUT2D eigenvalue weighted by atomic mass is 10.2. The van der Waals surface area contributed by atoms with E-state index in [2.05, 4.69) is 10.2 Å². The average Bonchev–Trinajstić information content (AvgIpc) is 2.91. The van der Waals surface area contributed by atoms with Crippen molar-refractivity contribution in [3.63, 3.8) is 0 Å². The zero-order valence-electron chi connectivity index (χ0n) is 10.6. The van der Waals surface area contributed by atoms with Crippen LogP contribution in [0, 0.1) is 0 Å². The number of hydrogen-bond donors (Lipinski definition) is 0. The molecule has 0 aromatic carbocycles. The van der Waals surface area contributed by atoms with Crippen molar-refractivity contribution in [2.24, 2.45) is 7.05 Å². The molecule has 0 amide bonds. The Bertz CT molecular complexity index is 699. The van der Waals surface area contributed by atoms with Gasteiger partial charge in [-0.25, -0.2) is 8.42 Å². The Morgan fingerprint density at radius 3 is 2.68 bits per heavy atom. The van der Waals surface area contributed by atoms with Gasteiger partial charge in [0.25, 0.3) is 0 Å². The maximum atomic E-state index is 11.1. The van der Waals surface area contributed by atoms with Gasteiger partial charge in [0.2, 0.25) is 0 Å². The molecule has 2 rings (SSSR count). The number of hydrogen-bond acceptors (Lipinski definition) is 5. The van der Waals surface area contributed by atoms with Crippen LogP contribution in [-0.2, 0) is 23.4 Å². The molecule has 8 heteroatoms. The molecular weight excluding hydrogens is 268 g/mol. The van der Waals surface area contributed by atoms with E-state index in [1.54, 1.807) is 30.2 Å². The molecule has 0 atom stereocenters. The molecule has 0 bridgehead atoms. The Kier molecular flexibility index (Phi) is 3.52. The molecule has 2 aromatic heterocycles. The molecule has 0 saturated heterocycles. The van der Waals surface area contributed by atoms with Crippen LogP contribution in [0.3, 0.4) is 0 Å². The lowest BCUT2D eigenvalue weighted by Gasteiger charge is -2.00. The van der Waals surface area contributed by atoms with Gasteiger partial charge >= 0.3 is 0 Å².